The van der Waals surface area contributed by atoms with Crippen LogP contribution in [0.4, 0.5) is 5.82 Å². The van der Waals surface area contributed by atoms with Crippen LogP contribution in [0, 0.1) is 0 Å². The molecule has 0 atom stereocenters. The summed E-state index contributed by atoms with van der Waals surface area (Å²) >= 11 is 0. The molecule has 0 radical (unpaired) electrons. The number of hydrogen-bond donors (Lipinski definition) is 0. The maximum Gasteiger partial charge on any atom is 0.128 e. The van der Waals surface area contributed by atoms with Crippen molar-refractivity contribution in [2.24, 2.45) is 0 Å². The van der Waals surface area contributed by atoms with Crippen molar-refractivity contribution in [2.75, 3.05) is 37.6 Å². The molecule has 3 heterocycles. The summed E-state index contributed by atoms with van der Waals surface area (Å²) in [4.78, 5) is 9.26. The Balaban J connectivity index is 0.00000196. The molecule has 0 spiro atoms. The molecule has 1 saturated heterocycles. The van der Waals surface area contributed by atoms with Crippen molar-refractivity contribution in [3.05, 3.63) is 60.9 Å². The van der Waals surface area contributed by atoms with Gasteiger partial charge in [-0.05, 0) is 12.1 Å². The van der Waals surface area contributed by atoms with Crippen LogP contribution in [0.5, 0.6) is 0 Å². The Bertz CT molecular complexity index is 784. The zero-order chi connectivity index (χ0) is 16.9. The summed E-state index contributed by atoms with van der Waals surface area (Å²) in [5, 5.41) is 8.54. The number of halogens is 1. The minimum Gasteiger partial charge on any atom is -0.354 e. The molecular weight excluding hydrogens is 348 g/mol. The van der Waals surface area contributed by atoms with Crippen molar-refractivity contribution in [3.63, 3.8) is 0 Å². The lowest BCUT2D eigenvalue weighted by Gasteiger charge is -2.35. The van der Waals surface area contributed by atoms with Gasteiger partial charge in [0.05, 0.1) is 12.7 Å². The van der Waals surface area contributed by atoms with E-state index < -0.39 is 0 Å². The predicted octanol–water partition coefficient (Wildman–Crippen LogP) is 2.58. The molecule has 6 nitrogen and oxygen atoms in total. The highest BCUT2D eigenvalue weighted by Crippen LogP contribution is 2.15. The number of anilines is 1. The number of benzene rings is 1. The fraction of sp³-hybridized carbons (Fsp3) is 0.316. The third-order valence-corrected chi connectivity index (χ3v) is 4.60. The number of aromatic nitrogens is 4. The minimum absolute atomic E-state index is 0. The third kappa shape index (κ3) is 4.39. The molecule has 0 unspecified atom stereocenters. The number of piperazine rings is 1. The Morgan fingerprint density at radius 3 is 2.35 bits per heavy atom. The van der Waals surface area contributed by atoms with Gasteiger partial charge in [-0.15, -0.1) is 17.5 Å². The van der Waals surface area contributed by atoms with Gasteiger partial charge in [0, 0.05) is 44.5 Å². The topological polar surface area (TPSA) is 50.1 Å². The van der Waals surface area contributed by atoms with Crippen LogP contribution in [0.1, 0.15) is 0 Å². The van der Waals surface area contributed by atoms with Gasteiger partial charge in [-0.25, -0.2) is 4.98 Å². The van der Waals surface area contributed by atoms with Crippen LogP contribution in [-0.4, -0.2) is 57.6 Å². The molecule has 1 fully saturated rings. The van der Waals surface area contributed by atoms with Gasteiger partial charge in [0.2, 0.25) is 0 Å². The number of pyridine rings is 1. The molecule has 0 saturated carbocycles. The number of nitrogens with zero attached hydrogens (tertiary/aromatic N) is 6. The third-order valence-electron chi connectivity index (χ3n) is 4.60. The summed E-state index contributed by atoms with van der Waals surface area (Å²) in [7, 11) is 0. The molecule has 26 heavy (non-hydrogen) atoms. The van der Waals surface area contributed by atoms with Crippen molar-refractivity contribution in [1.82, 2.24) is 24.9 Å². The van der Waals surface area contributed by atoms with E-state index in [0.29, 0.717) is 0 Å². The fourth-order valence-electron chi connectivity index (χ4n) is 3.13. The monoisotopic (exact) mass is 370 g/mol. The fourth-order valence-corrected chi connectivity index (χ4v) is 3.13. The molecule has 2 aromatic heterocycles. The summed E-state index contributed by atoms with van der Waals surface area (Å²) in [6.07, 6.45) is 3.89. The summed E-state index contributed by atoms with van der Waals surface area (Å²) in [5.41, 5.74) is 2.04. The van der Waals surface area contributed by atoms with Gasteiger partial charge < -0.3 is 4.90 Å². The van der Waals surface area contributed by atoms with Crippen molar-refractivity contribution in [3.8, 4) is 11.3 Å². The van der Waals surface area contributed by atoms with E-state index in [4.69, 9.17) is 0 Å². The predicted molar refractivity (Wildman–Crippen MR) is 106 cm³/mol. The normalized spacial score (nSPS) is 14.8. The van der Waals surface area contributed by atoms with Crippen LogP contribution in [0.3, 0.4) is 0 Å². The molecule has 0 aliphatic carbocycles. The van der Waals surface area contributed by atoms with Crippen LogP contribution >= 0.6 is 12.4 Å². The Hall–Kier alpha value is -2.44. The van der Waals surface area contributed by atoms with Crippen LogP contribution in [0.15, 0.2) is 60.9 Å². The second-order valence-corrected chi connectivity index (χ2v) is 6.25. The Labute approximate surface area is 159 Å². The second kappa shape index (κ2) is 8.78. The highest BCUT2D eigenvalue weighted by atomic mass is 35.5. The lowest BCUT2D eigenvalue weighted by Crippen LogP contribution is -2.47. The first-order chi connectivity index (χ1) is 12.4. The van der Waals surface area contributed by atoms with E-state index in [0.717, 1.165) is 56.3 Å². The second-order valence-electron chi connectivity index (χ2n) is 6.25. The molecule has 0 amide bonds. The summed E-state index contributed by atoms with van der Waals surface area (Å²) < 4.78 is 1.94. The van der Waals surface area contributed by atoms with Gasteiger partial charge in [0.15, 0.2) is 0 Å². The van der Waals surface area contributed by atoms with Crippen LogP contribution in [0.2, 0.25) is 0 Å². The van der Waals surface area contributed by atoms with Crippen LogP contribution in [0.25, 0.3) is 11.3 Å². The largest absolute Gasteiger partial charge is 0.354 e. The van der Waals surface area contributed by atoms with E-state index >= 15 is 0 Å². The SMILES string of the molecule is Cl.c1ccc(-c2cn(CCN3CCN(c4ccccn4)CC3)nn2)cc1. The molecule has 7 heteroatoms. The maximum atomic E-state index is 4.44. The molecule has 136 valence electrons. The molecule has 1 aliphatic heterocycles. The summed E-state index contributed by atoms with van der Waals surface area (Å²) in [6, 6.07) is 16.3. The Morgan fingerprint density at radius 2 is 1.62 bits per heavy atom. The molecule has 0 bridgehead atoms. The molecule has 1 aromatic carbocycles. The van der Waals surface area contributed by atoms with Gasteiger partial charge in [0.1, 0.15) is 11.5 Å². The maximum absolute atomic E-state index is 4.44. The van der Waals surface area contributed by atoms with Crippen molar-refractivity contribution < 1.29 is 0 Å². The molecule has 0 N–H and O–H groups in total. The smallest absolute Gasteiger partial charge is 0.128 e. The molecule has 3 aromatic rings. The van der Waals surface area contributed by atoms with Crippen LogP contribution < -0.4 is 4.90 Å². The first-order valence-electron chi connectivity index (χ1n) is 8.72. The van der Waals surface area contributed by atoms with Gasteiger partial charge >= 0.3 is 0 Å². The van der Waals surface area contributed by atoms with Crippen LogP contribution in [-0.2, 0) is 6.54 Å². The minimum atomic E-state index is 0. The zero-order valence-electron chi connectivity index (χ0n) is 14.6. The lowest BCUT2D eigenvalue weighted by molar-refractivity contribution is 0.243. The standard InChI is InChI=1S/C19H22N6.ClH/c1-2-6-17(7-3-1)18-16-25(22-21-18)15-12-23-10-13-24(14-11-23)19-8-4-5-9-20-19;/h1-9,16H,10-15H2;1H. The Kier molecular flexibility index (Phi) is 6.20. The van der Waals surface area contributed by atoms with E-state index in [9.17, 15) is 0 Å². The molecule has 4 rings (SSSR count). The zero-order valence-corrected chi connectivity index (χ0v) is 15.4. The summed E-state index contributed by atoms with van der Waals surface area (Å²) in [5.74, 6) is 1.07. The molecular formula is C19H23ClN6. The van der Waals surface area contributed by atoms with Crippen molar-refractivity contribution in [2.45, 2.75) is 6.54 Å². The van der Waals surface area contributed by atoms with Gasteiger partial charge in [-0.1, -0.05) is 41.6 Å². The molecule has 1 aliphatic rings. The highest BCUT2D eigenvalue weighted by molar-refractivity contribution is 5.85. The van der Waals surface area contributed by atoms with E-state index in [2.05, 4.69) is 43.3 Å². The highest BCUT2D eigenvalue weighted by Gasteiger charge is 2.17. The quantitative estimate of drug-likeness (QED) is 0.691. The van der Waals surface area contributed by atoms with Gasteiger partial charge in [-0.2, -0.15) is 0 Å². The average Bonchev–Trinajstić information content (AvgIpc) is 3.17. The lowest BCUT2D eigenvalue weighted by atomic mass is 10.2. The average molecular weight is 371 g/mol. The summed E-state index contributed by atoms with van der Waals surface area (Å²) in [6.45, 7) is 6.00. The first kappa shape index (κ1) is 18.4. The number of rotatable bonds is 5. The van der Waals surface area contributed by atoms with E-state index in [-0.39, 0.29) is 12.4 Å². The van der Waals surface area contributed by atoms with Gasteiger partial charge in [0.25, 0.3) is 0 Å². The van der Waals surface area contributed by atoms with E-state index in [1.54, 1.807) is 0 Å². The van der Waals surface area contributed by atoms with E-state index in [1.165, 1.54) is 0 Å². The van der Waals surface area contributed by atoms with Gasteiger partial charge in [-0.3, -0.25) is 9.58 Å². The first-order valence-corrected chi connectivity index (χ1v) is 8.72. The Morgan fingerprint density at radius 1 is 0.846 bits per heavy atom. The van der Waals surface area contributed by atoms with E-state index in [1.807, 2.05) is 47.4 Å². The number of hydrogen-bond acceptors (Lipinski definition) is 5. The van der Waals surface area contributed by atoms with Crippen molar-refractivity contribution in [1.29, 1.82) is 0 Å². The van der Waals surface area contributed by atoms with Crippen molar-refractivity contribution >= 4 is 18.2 Å².